The highest BCUT2D eigenvalue weighted by Gasteiger charge is 2.06. The maximum absolute atomic E-state index is 12.0. The van der Waals surface area contributed by atoms with Crippen molar-refractivity contribution in [2.24, 2.45) is 5.92 Å². The van der Waals surface area contributed by atoms with Gasteiger partial charge in [0.05, 0.1) is 7.11 Å². The second kappa shape index (κ2) is 8.73. The van der Waals surface area contributed by atoms with Gasteiger partial charge in [0.2, 0.25) is 5.91 Å². The molecule has 0 aliphatic rings. The summed E-state index contributed by atoms with van der Waals surface area (Å²) in [7, 11) is 1.59. The van der Waals surface area contributed by atoms with Gasteiger partial charge in [-0.1, -0.05) is 13.8 Å². The van der Waals surface area contributed by atoms with Crippen LogP contribution in [-0.2, 0) is 4.79 Å². The van der Waals surface area contributed by atoms with Crippen molar-refractivity contribution >= 4 is 29.0 Å². The van der Waals surface area contributed by atoms with Gasteiger partial charge in [-0.25, -0.2) is 4.79 Å². The maximum atomic E-state index is 12.0. The molecule has 0 aliphatic heterocycles. The van der Waals surface area contributed by atoms with Crippen molar-refractivity contribution in [1.29, 1.82) is 0 Å². The number of anilines is 3. The Kier molecular flexibility index (Phi) is 6.39. The number of ether oxygens (including phenoxy) is 1. The normalized spacial score (nSPS) is 10.2. The fourth-order valence-corrected chi connectivity index (χ4v) is 2.19. The zero-order valence-electron chi connectivity index (χ0n) is 14.6. The minimum absolute atomic E-state index is 0.0204. The second-order valence-corrected chi connectivity index (χ2v) is 6.03. The van der Waals surface area contributed by atoms with E-state index in [1.54, 1.807) is 55.6 Å². The molecule has 132 valence electrons. The van der Waals surface area contributed by atoms with E-state index >= 15 is 0 Å². The summed E-state index contributed by atoms with van der Waals surface area (Å²) in [4.78, 5) is 23.7. The first kappa shape index (κ1) is 18.3. The predicted octanol–water partition coefficient (Wildman–Crippen LogP) is 4.32. The van der Waals surface area contributed by atoms with Crippen molar-refractivity contribution in [3.8, 4) is 5.75 Å². The van der Waals surface area contributed by atoms with Gasteiger partial charge in [-0.15, -0.1) is 0 Å². The van der Waals surface area contributed by atoms with E-state index in [1.807, 2.05) is 13.8 Å². The van der Waals surface area contributed by atoms with E-state index in [9.17, 15) is 9.59 Å². The molecule has 6 heteroatoms. The van der Waals surface area contributed by atoms with E-state index in [2.05, 4.69) is 16.0 Å². The van der Waals surface area contributed by atoms with Crippen molar-refractivity contribution in [3.63, 3.8) is 0 Å². The summed E-state index contributed by atoms with van der Waals surface area (Å²) in [6, 6.07) is 13.7. The van der Waals surface area contributed by atoms with Gasteiger partial charge >= 0.3 is 6.03 Å². The lowest BCUT2D eigenvalue weighted by molar-refractivity contribution is -0.116. The summed E-state index contributed by atoms with van der Waals surface area (Å²) in [5.41, 5.74) is 2.00. The van der Waals surface area contributed by atoms with Gasteiger partial charge in [-0.2, -0.15) is 0 Å². The molecule has 0 saturated carbocycles. The number of rotatable bonds is 6. The SMILES string of the molecule is COc1ccc(NC(=O)Nc2ccc(NC(=O)CC(C)C)cc2)cc1. The maximum Gasteiger partial charge on any atom is 0.323 e. The smallest absolute Gasteiger partial charge is 0.323 e. The van der Waals surface area contributed by atoms with Crippen LogP contribution in [0.1, 0.15) is 20.3 Å². The van der Waals surface area contributed by atoms with Gasteiger partial charge < -0.3 is 20.7 Å². The molecule has 3 N–H and O–H groups in total. The fourth-order valence-electron chi connectivity index (χ4n) is 2.19. The Morgan fingerprint density at radius 2 is 1.28 bits per heavy atom. The molecule has 2 aromatic carbocycles. The lowest BCUT2D eigenvalue weighted by atomic mass is 10.1. The molecule has 6 nitrogen and oxygen atoms in total. The van der Waals surface area contributed by atoms with Crippen molar-refractivity contribution in [2.75, 3.05) is 23.1 Å². The second-order valence-electron chi connectivity index (χ2n) is 6.03. The third kappa shape index (κ3) is 6.18. The molecule has 0 bridgehead atoms. The molecule has 0 fully saturated rings. The summed E-state index contributed by atoms with van der Waals surface area (Å²) < 4.78 is 5.07. The molecule has 0 atom stereocenters. The zero-order chi connectivity index (χ0) is 18.2. The van der Waals surface area contributed by atoms with Crippen LogP contribution in [0.4, 0.5) is 21.9 Å². The average Bonchev–Trinajstić information content (AvgIpc) is 2.56. The Bertz CT molecular complexity index is 710. The summed E-state index contributed by atoms with van der Waals surface area (Å²) in [5, 5.41) is 8.30. The number of carbonyl (C=O) groups is 2. The van der Waals surface area contributed by atoms with Crippen LogP contribution in [0.5, 0.6) is 5.75 Å². The van der Waals surface area contributed by atoms with Crippen LogP contribution in [0.2, 0.25) is 0 Å². The highest BCUT2D eigenvalue weighted by Crippen LogP contribution is 2.17. The van der Waals surface area contributed by atoms with E-state index in [0.29, 0.717) is 29.4 Å². The molecule has 0 aromatic heterocycles. The van der Waals surface area contributed by atoms with Crippen LogP contribution in [-0.4, -0.2) is 19.0 Å². The number of benzene rings is 2. The van der Waals surface area contributed by atoms with Crippen molar-refractivity contribution in [1.82, 2.24) is 0 Å². The summed E-state index contributed by atoms with van der Waals surface area (Å²) in [6.45, 7) is 3.99. The van der Waals surface area contributed by atoms with Gasteiger partial charge in [0, 0.05) is 23.5 Å². The highest BCUT2D eigenvalue weighted by molar-refractivity contribution is 6.00. The number of methoxy groups -OCH3 is 1. The van der Waals surface area contributed by atoms with Gasteiger partial charge in [0.15, 0.2) is 0 Å². The van der Waals surface area contributed by atoms with Crippen molar-refractivity contribution in [3.05, 3.63) is 48.5 Å². The van der Waals surface area contributed by atoms with Crippen LogP contribution in [0.15, 0.2) is 48.5 Å². The van der Waals surface area contributed by atoms with Gasteiger partial charge in [0.25, 0.3) is 0 Å². The molecule has 0 saturated heterocycles. The molecule has 0 radical (unpaired) electrons. The number of hydrogen-bond donors (Lipinski definition) is 3. The Labute approximate surface area is 147 Å². The van der Waals surface area contributed by atoms with Gasteiger partial charge in [0.1, 0.15) is 5.75 Å². The van der Waals surface area contributed by atoms with Gasteiger partial charge in [-0.3, -0.25) is 4.79 Å². The third-order valence-electron chi connectivity index (χ3n) is 3.37. The molecule has 0 unspecified atom stereocenters. The van der Waals surface area contributed by atoms with E-state index in [0.717, 1.165) is 5.75 Å². The molecular weight excluding hydrogens is 318 g/mol. The number of amides is 3. The lowest BCUT2D eigenvalue weighted by Gasteiger charge is -2.10. The number of nitrogens with one attached hydrogen (secondary N) is 3. The van der Waals surface area contributed by atoms with Crippen LogP contribution in [0.3, 0.4) is 0 Å². The van der Waals surface area contributed by atoms with E-state index in [4.69, 9.17) is 4.74 Å². The molecule has 0 spiro atoms. The minimum Gasteiger partial charge on any atom is -0.497 e. The summed E-state index contributed by atoms with van der Waals surface area (Å²) in [6.07, 6.45) is 0.476. The van der Waals surface area contributed by atoms with Crippen LogP contribution >= 0.6 is 0 Å². The fraction of sp³-hybridized carbons (Fsp3) is 0.263. The van der Waals surface area contributed by atoms with Crippen molar-refractivity contribution < 1.29 is 14.3 Å². The molecule has 0 heterocycles. The first-order chi connectivity index (χ1) is 12.0. The largest absolute Gasteiger partial charge is 0.497 e. The van der Waals surface area contributed by atoms with Crippen LogP contribution < -0.4 is 20.7 Å². The number of hydrogen-bond acceptors (Lipinski definition) is 3. The number of urea groups is 1. The van der Waals surface area contributed by atoms with E-state index in [-0.39, 0.29) is 11.9 Å². The van der Waals surface area contributed by atoms with Crippen LogP contribution in [0.25, 0.3) is 0 Å². The van der Waals surface area contributed by atoms with E-state index < -0.39 is 0 Å². The first-order valence-electron chi connectivity index (χ1n) is 8.08. The molecule has 3 amide bonds. The standard InChI is InChI=1S/C19H23N3O3/c1-13(2)12-18(23)20-14-4-6-15(7-5-14)21-19(24)22-16-8-10-17(25-3)11-9-16/h4-11,13H,12H2,1-3H3,(H,20,23)(H2,21,22,24). The van der Waals surface area contributed by atoms with Crippen LogP contribution in [0, 0.1) is 5.92 Å². The predicted molar refractivity (Wildman–Crippen MR) is 100 cm³/mol. The number of carbonyl (C=O) groups excluding carboxylic acids is 2. The first-order valence-corrected chi connectivity index (χ1v) is 8.08. The Hall–Kier alpha value is -3.02. The Morgan fingerprint density at radius 3 is 1.72 bits per heavy atom. The van der Waals surface area contributed by atoms with E-state index in [1.165, 1.54) is 0 Å². The molecular formula is C19H23N3O3. The summed E-state index contributed by atoms with van der Waals surface area (Å²) in [5.74, 6) is 1.01. The molecule has 25 heavy (non-hydrogen) atoms. The zero-order valence-corrected chi connectivity index (χ0v) is 14.6. The topological polar surface area (TPSA) is 79.5 Å². The quantitative estimate of drug-likeness (QED) is 0.732. The molecule has 2 rings (SSSR count). The monoisotopic (exact) mass is 341 g/mol. The van der Waals surface area contributed by atoms with Crippen molar-refractivity contribution in [2.45, 2.75) is 20.3 Å². The molecule has 2 aromatic rings. The van der Waals surface area contributed by atoms with Gasteiger partial charge in [-0.05, 0) is 54.4 Å². The lowest BCUT2D eigenvalue weighted by Crippen LogP contribution is -2.19. The minimum atomic E-state index is -0.346. The Morgan fingerprint density at radius 1 is 0.840 bits per heavy atom. The average molecular weight is 341 g/mol. The Balaban J connectivity index is 1.87. The summed E-state index contributed by atoms with van der Waals surface area (Å²) >= 11 is 0. The third-order valence-corrected chi connectivity index (χ3v) is 3.37. The highest BCUT2D eigenvalue weighted by atomic mass is 16.5. The molecule has 0 aliphatic carbocycles.